The van der Waals surface area contributed by atoms with Crippen molar-refractivity contribution in [3.63, 3.8) is 0 Å². The van der Waals surface area contributed by atoms with Gasteiger partial charge < -0.3 is 14.5 Å². The fourth-order valence-corrected chi connectivity index (χ4v) is 1.33. The summed E-state index contributed by atoms with van der Waals surface area (Å²) in [5.74, 6) is -1.62. The Morgan fingerprint density at radius 3 is 2.58 bits per heavy atom. The molecule has 0 saturated carbocycles. The van der Waals surface area contributed by atoms with E-state index in [1.807, 2.05) is 0 Å². The Bertz CT molecular complexity index is 563. The lowest BCUT2D eigenvalue weighted by atomic mass is 10.3. The van der Waals surface area contributed by atoms with Crippen LogP contribution in [-0.4, -0.2) is 18.5 Å². The molecule has 1 heterocycles. The minimum Gasteiger partial charge on any atom is -0.457 e. The summed E-state index contributed by atoms with van der Waals surface area (Å²) in [7, 11) is 0. The highest BCUT2D eigenvalue weighted by Gasteiger charge is 2.12. The number of furan rings is 1. The second-order valence-corrected chi connectivity index (χ2v) is 3.61. The lowest BCUT2D eigenvalue weighted by Gasteiger charge is -2.05. The molecule has 6 heteroatoms. The van der Waals surface area contributed by atoms with Crippen molar-refractivity contribution in [2.24, 2.45) is 0 Å². The number of carbonyl (C=O) groups excluding carboxylic acids is 2. The van der Waals surface area contributed by atoms with Crippen LogP contribution in [-0.2, 0) is 9.53 Å². The van der Waals surface area contributed by atoms with E-state index >= 15 is 0 Å². The highest BCUT2D eigenvalue weighted by Crippen LogP contribution is 2.08. The quantitative estimate of drug-likeness (QED) is 0.859. The fraction of sp³-hybridized carbons (Fsp3) is 0.0769. The van der Waals surface area contributed by atoms with Crippen LogP contribution in [0.25, 0.3) is 0 Å². The number of halogens is 1. The standard InChI is InChI=1S/C13H10FNO4/c14-9-3-5-10(6-4-9)15-12(16)8-19-13(17)11-2-1-7-18-11/h1-7H,8H2,(H,15,16). The maximum absolute atomic E-state index is 12.6. The monoisotopic (exact) mass is 263 g/mol. The predicted molar refractivity (Wildman–Crippen MR) is 64.0 cm³/mol. The minimum atomic E-state index is -0.723. The third-order valence-electron chi connectivity index (χ3n) is 2.18. The molecule has 5 nitrogen and oxygen atoms in total. The molecule has 0 unspecified atom stereocenters. The first-order valence-corrected chi connectivity index (χ1v) is 5.41. The van der Waals surface area contributed by atoms with Gasteiger partial charge >= 0.3 is 5.97 Å². The van der Waals surface area contributed by atoms with Crippen LogP contribution in [0, 0.1) is 5.82 Å². The van der Waals surface area contributed by atoms with Crippen molar-refractivity contribution in [1.82, 2.24) is 0 Å². The molecule has 1 aromatic heterocycles. The molecule has 2 rings (SSSR count). The highest BCUT2D eigenvalue weighted by atomic mass is 19.1. The van der Waals surface area contributed by atoms with E-state index in [4.69, 9.17) is 9.15 Å². The largest absolute Gasteiger partial charge is 0.457 e. The summed E-state index contributed by atoms with van der Waals surface area (Å²) in [4.78, 5) is 22.8. The Balaban J connectivity index is 1.82. The van der Waals surface area contributed by atoms with Crippen LogP contribution in [0.4, 0.5) is 10.1 Å². The van der Waals surface area contributed by atoms with Gasteiger partial charge in [0.15, 0.2) is 6.61 Å². The molecular formula is C13H10FNO4. The summed E-state index contributed by atoms with van der Waals surface area (Å²) in [5.41, 5.74) is 0.417. The zero-order chi connectivity index (χ0) is 13.7. The minimum absolute atomic E-state index is 0.0228. The molecule has 0 atom stereocenters. The van der Waals surface area contributed by atoms with Crippen molar-refractivity contribution in [2.45, 2.75) is 0 Å². The molecule has 0 aliphatic rings. The van der Waals surface area contributed by atoms with E-state index in [0.29, 0.717) is 5.69 Å². The maximum atomic E-state index is 12.6. The summed E-state index contributed by atoms with van der Waals surface area (Å²) >= 11 is 0. The van der Waals surface area contributed by atoms with Gasteiger partial charge in [0.2, 0.25) is 5.76 Å². The summed E-state index contributed by atoms with van der Waals surface area (Å²) in [5, 5.41) is 2.46. The average molecular weight is 263 g/mol. The van der Waals surface area contributed by atoms with Gasteiger partial charge in [-0.1, -0.05) is 0 Å². The third kappa shape index (κ3) is 3.67. The van der Waals surface area contributed by atoms with E-state index in [0.717, 1.165) is 0 Å². The summed E-state index contributed by atoms with van der Waals surface area (Å²) in [6.45, 7) is -0.448. The van der Waals surface area contributed by atoms with E-state index in [2.05, 4.69) is 5.32 Å². The first-order chi connectivity index (χ1) is 9.15. The van der Waals surface area contributed by atoms with Crippen molar-refractivity contribution >= 4 is 17.6 Å². The zero-order valence-corrected chi connectivity index (χ0v) is 9.76. The Kier molecular flexibility index (Phi) is 3.92. The molecular weight excluding hydrogens is 253 g/mol. The number of rotatable bonds is 4. The number of hydrogen-bond acceptors (Lipinski definition) is 4. The normalized spacial score (nSPS) is 9.95. The number of esters is 1. The van der Waals surface area contributed by atoms with E-state index < -0.39 is 24.3 Å². The molecule has 0 saturated heterocycles. The second-order valence-electron chi connectivity index (χ2n) is 3.61. The third-order valence-corrected chi connectivity index (χ3v) is 2.18. The number of benzene rings is 1. The van der Waals surface area contributed by atoms with Gasteiger partial charge in [-0.15, -0.1) is 0 Å². The number of hydrogen-bond donors (Lipinski definition) is 1. The van der Waals surface area contributed by atoms with Gasteiger partial charge in [-0.3, -0.25) is 4.79 Å². The van der Waals surface area contributed by atoms with Gasteiger partial charge in [0.05, 0.1) is 6.26 Å². The van der Waals surface area contributed by atoms with Crippen LogP contribution < -0.4 is 5.32 Å². The van der Waals surface area contributed by atoms with E-state index in [-0.39, 0.29) is 5.76 Å². The molecule has 0 fully saturated rings. The number of nitrogens with one attached hydrogen (secondary N) is 1. The smallest absolute Gasteiger partial charge is 0.374 e. The molecule has 0 aliphatic heterocycles. The zero-order valence-electron chi connectivity index (χ0n) is 9.76. The number of carbonyl (C=O) groups is 2. The van der Waals surface area contributed by atoms with E-state index in [9.17, 15) is 14.0 Å². The van der Waals surface area contributed by atoms with Crippen molar-refractivity contribution in [1.29, 1.82) is 0 Å². The highest BCUT2D eigenvalue weighted by molar-refractivity contribution is 5.94. The first-order valence-electron chi connectivity index (χ1n) is 5.41. The van der Waals surface area contributed by atoms with Crippen LogP contribution in [0.5, 0.6) is 0 Å². The van der Waals surface area contributed by atoms with Gasteiger partial charge in [-0.05, 0) is 36.4 Å². The van der Waals surface area contributed by atoms with Gasteiger partial charge in [0.1, 0.15) is 5.82 Å². The molecule has 2 aromatic rings. The average Bonchev–Trinajstić information content (AvgIpc) is 2.93. The summed E-state index contributed by atoms with van der Waals surface area (Å²) in [6, 6.07) is 8.20. The molecule has 1 aromatic carbocycles. The first kappa shape index (κ1) is 12.8. The van der Waals surface area contributed by atoms with Gasteiger partial charge in [-0.2, -0.15) is 0 Å². The van der Waals surface area contributed by atoms with Gasteiger partial charge in [0.25, 0.3) is 5.91 Å². The van der Waals surface area contributed by atoms with Crippen molar-refractivity contribution < 1.29 is 23.1 Å². The lowest BCUT2D eigenvalue weighted by molar-refractivity contribution is -0.119. The molecule has 0 spiro atoms. The SMILES string of the molecule is O=C(COC(=O)c1ccco1)Nc1ccc(F)cc1. The Labute approximate surface area is 108 Å². The van der Waals surface area contributed by atoms with Crippen LogP contribution >= 0.6 is 0 Å². The molecule has 98 valence electrons. The maximum Gasteiger partial charge on any atom is 0.374 e. The Morgan fingerprint density at radius 1 is 1.21 bits per heavy atom. The van der Waals surface area contributed by atoms with Crippen LogP contribution in [0.2, 0.25) is 0 Å². The molecule has 0 bridgehead atoms. The van der Waals surface area contributed by atoms with E-state index in [1.165, 1.54) is 42.7 Å². The Morgan fingerprint density at radius 2 is 1.95 bits per heavy atom. The fourth-order valence-electron chi connectivity index (χ4n) is 1.33. The molecule has 19 heavy (non-hydrogen) atoms. The molecule has 0 aliphatic carbocycles. The van der Waals surface area contributed by atoms with Crippen LogP contribution in [0.3, 0.4) is 0 Å². The van der Waals surface area contributed by atoms with Gasteiger partial charge in [-0.25, -0.2) is 9.18 Å². The van der Waals surface area contributed by atoms with Crippen LogP contribution in [0.15, 0.2) is 47.1 Å². The molecule has 1 amide bonds. The number of anilines is 1. The molecule has 0 radical (unpaired) electrons. The van der Waals surface area contributed by atoms with Crippen molar-refractivity contribution in [2.75, 3.05) is 11.9 Å². The van der Waals surface area contributed by atoms with Crippen molar-refractivity contribution in [3.05, 3.63) is 54.2 Å². The predicted octanol–water partition coefficient (Wildman–Crippen LogP) is 2.21. The summed E-state index contributed by atoms with van der Waals surface area (Å²) < 4.78 is 22.2. The summed E-state index contributed by atoms with van der Waals surface area (Å²) in [6.07, 6.45) is 1.33. The number of amides is 1. The van der Waals surface area contributed by atoms with E-state index in [1.54, 1.807) is 0 Å². The second kappa shape index (κ2) is 5.81. The van der Waals surface area contributed by atoms with Crippen molar-refractivity contribution in [3.8, 4) is 0 Å². The topological polar surface area (TPSA) is 68.5 Å². The van der Waals surface area contributed by atoms with Crippen LogP contribution in [0.1, 0.15) is 10.6 Å². The number of ether oxygens (including phenoxy) is 1. The Hall–Kier alpha value is -2.63. The van der Waals surface area contributed by atoms with Gasteiger partial charge in [0, 0.05) is 5.69 Å². The lowest BCUT2D eigenvalue weighted by Crippen LogP contribution is -2.20. The molecule has 1 N–H and O–H groups in total.